The fraction of sp³-hybridized carbons (Fsp3) is 0.292. The Kier molecular flexibility index (Phi) is 4.98. The highest BCUT2D eigenvalue weighted by molar-refractivity contribution is 5.96. The molecule has 0 bridgehead atoms. The fourth-order valence-corrected chi connectivity index (χ4v) is 4.84. The molecule has 1 saturated heterocycles. The molecule has 0 spiro atoms. The second-order valence-corrected chi connectivity index (χ2v) is 8.26. The van der Waals surface area contributed by atoms with Crippen LogP contribution in [0.1, 0.15) is 29.7 Å². The van der Waals surface area contributed by atoms with Crippen molar-refractivity contribution in [3.8, 4) is 28.3 Å². The van der Waals surface area contributed by atoms with E-state index >= 15 is 4.39 Å². The summed E-state index contributed by atoms with van der Waals surface area (Å²) < 4.78 is 29.8. The minimum absolute atomic E-state index is 0.0184. The zero-order chi connectivity index (χ0) is 22.4. The zero-order valence-electron chi connectivity index (χ0n) is 17.6. The lowest BCUT2D eigenvalue weighted by molar-refractivity contribution is 0.505. The summed E-state index contributed by atoms with van der Waals surface area (Å²) in [6, 6.07) is 5.02. The zero-order valence-corrected chi connectivity index (χ0v) is 17.6. The van der Waals surface area contributed by atoms with Gasteiger partial charge < -0.3 is 16.0 Å². The fourth-order valence-electron chi connectivity index (χ4n) is 4.84. The maximum Gasteiger partial charge on any atom is 0.167 e. The van der Waals surface area contributed by atoms with Gasteiger partial charge in [0.25, 0.3) is 0 Å². The van der Waals surface area contributed by atoms with Gasteiger partial charge in [-0.2, -0.15) is 5.26 Å². The van der Waals surface area contributed by atoms with E-state index in [1.54, 1.807) is 25.5 Å². The normalized spacial score (nSPS) is 17.0. The van der Waals surface area contributed by atoms with Crippen molar-refractivity contribution in [2.24, 2.45) is 5.73 Å². The van der Waals surface area contributed by atoms with Gasteiger partial charge in [-0.25, -0.2) is 8.78 Å². The van der Waals surface area contributed by atoms with Crippen LogP contribution in [0.15, 0.2) is 30.7 Å². The van der Waals surface area contributed by atoms with E-state index in [2.05, 4.69) is 26.3 Å². The SMILES string of the molecule is CNc1cc(F)c(F)c2c1Cc1ncc(-c3cncc(C#N)c3)c(N3CCCC(N)C3)c1-2. The molecule has 1 aliphatic heterocycles. The first-order valence-electron chi connectivity index (χ1n) is 10.6. The van der Waals surface area contributed by atoms with Gasteiger partial charge in [0.1, 0.15) is 6.07 Å². The molecule has 3 aromatic rings. The predicted molar refractivity (Wildman–Crippen MR) is 119 cm³/mol. The molecule has 1 fully saturated rings. The van der Waals surface area contributed by atoms with Crippen molar-refractivity contribution in [1.82, 2.24) is 9.97 Å². The summed E-state index contributed by atoms with van der Waals surface area (Å²) >= 11 is 0. The van der Waals surface area contributed by atoms with E-state index in [1.807, 2.05) is 0 Å². The van der Waals surface area contributed by atoms with Gasteiger partial charge in [-0.15, -0.1) is 0 Å². The molecule has 2 aliphatic rings. The molecule has 0 amide bonds. The molecule has 3 N–H and O–H groups in total. The molecule has 3 heterocycles. The summed E-state index contributed by atoms with van der Waals surface area (Å²) in [6.45, 7) is 1.34. The predicted octanol–water partition coefficient (Wildman–Crippen LogP) is 3.83. The number of fused-ring (bicyclic) bond motifs is 3. The Morgan fingerprint density at radius 1 is 1.22 bits per heavy atom. The average Bonchev–Trinajstić information content (AvgIpc) is 3.20. The molecule has 32 heavy (non-hydrogen) atoms. The third kappa shape index (κ3) is 3.17. The van der Waals surface area contributed by atoms with Crippen molar-refractivity contribution < 1.29 is 8.78 Å². The molecule has 162 valence electrons. The number of aromatic nitrogens is 2. The van der Waals surface area contributed by atoms with Gasteiger partial charge in [-0.1, -0.05) is 0 Å². The quantitative estimate of drug-likeness (QED) is 0.511. The molecular weight excluding hydrogens is 410 g/mol. The second-order valence-electron chi connectivity index (χ2n) is 8.26. The van der Waals surface area contributed by atoms with Crippen molar-refractivity contribution in [3.05, 3.63) is 59.2 Å². The minimum atomic E-state index is -0.902. The Labute approximate surface area is 184 Å². The number of nitrogens with zero attached hydrogens (tertiary/aromatic N) is 4. The van der Waals surface area contributed by atoms with Crippen LogP contribution in [0.5, 0.6) is 0 Å². The van der Waals surface area contributed by atoms with Crippen LogP contribution >= 0.6 is 0 Å². The number of hydrogen-bond donors (Lipinski definition) is 2. The van der Waals surface area contributed by atoms with E-state index in [0.717, 1.165) is 30.6 Å². The molecule has 5 rings (SSSR count). The standard InChI is InChI=1S/C24H22F2N6/c1-29-19-7-18(25)23(26)21-16(19)6-20-22(21)24(32-4-2-3-15(28)12-32)17(11-31-20)14-5-13(8-27)9-30-10-14/h5,7,9-11,15,29H,2-4,6,12,28H2,1H3. The Hall–Kier alpha value is -3.57. The number of piperidine rings is 1. The third-order valence-electron chi connectivity index (χ3n) is 6.27. The van der Waals surface area contributed by atoms with Crippen molar-refractivity contribution in [2.45, 2.75) is 25.3 Å². The average molecular weight is 432 g/mol. The Bertz CT molecular complexity index is 1270. The van der Waals surface area contributed by atoms with Crippen LogP contribution in [0.25, 0.3) is 22.3 Å². The van der Waals surface area contributed by atoms with Gasteiger partial charge in [0.2, 0.25) is 0 Å². The summed E-state index contributed by atoms with van der Waals surface area (Å²) in [4.78, 5) is 11.0. The third-order valence-corrected chi connectivity index (χ3v) is 6.27. The van der Waals surface area contributed by atoms with Crippen LogP contribution < -0.4 is 16.0 Å². The number of nitrogens with one attached hydrogen (secondary N) is 1. The summed E-state index contributed by atoms with van der Waals surface area (Å²) in [6.07, 6.45) is 7.11. The molecule has 0 saturated carbocycles. The van der Waals surface area contributed by atoms with E-state index in [1.165, 1.54) is 12.3 Å². The summed E-state index contributed by atoms with van der Waals surface area (Å²) in [7, 11) is 1.69. The molecule has 6 nitrogen and oxygen atoms in total. The van der Waals surface area contributed by atoms with Crippen molar-refractivity contribution >= 4 is 11.4 Å². The van der Waals surface area contributed by atoms with Gasteiger partial charge in [-0.3, -0.25) is 9.97 Å². The molecule has 1 aliphatic carbocycles. The molecular formula is C24H22F2N6. The van der Waals surface area contributed by atoms with Crippen LogP contribution in [0.4, 0.5) is 20.2 Å². The first-order valence-corrected chi connectivity index (χ1v) is 10.6. The molecule has 1 unspecified atom stereocenters. The monoisotopic (exact) mass is 432 g/mol. The van der Waals surface area contributed by atoms with Crippen molar-refractivity contribution in [3.63, 3.8) is 0 Å². The smallest absolute Gasteiger partial charge is 0.167 e. The summed E-state index contributed by atoms with van der Waals surface area (Å²) in [5.41, 5.74) is 11.7. The first kappa shape index (κ1) is 20.3. The molecule has 2 aromatic heterocycles. The lowest BCUT2D eigenvalue weighted by Crippen LogP contribution is -2.43. The highest BCUT2D eigenvalue weighted by Crippen LogP contribution is 2.50. The number of rotatable bonds is 3. The van der Waals surface area contributed by atoms with Crippen molar-refractivity contribution in [1.29, 1.82) is 5.26 Å². The number of halogens is 2. The summed E-state index contributed by atoms with van der Waals surface area (Å²) in [5, 5.41) is 12.3. The van der Waals surface area contributed by atoms with E-state index in [-0.39, 0.29) is 11.6 Å². The van der Waals surface area contributed by atoms with Gasteiger partial charge in [-0.05, 0) is 24.5 Å². The highest BCUT2D eigenvalue weighted by atomic mass is 19.2. The summed E-state index contributed by atoms with van der Waals surface area (Å²) in [5.74, 6) is -1.77. The largest absolute Gasteiger partial charge is 0.388 e. The molecule has 1 aromatic carbocycles. The number of benzene rings is 1. The molecule has 8 heteroatoms. The van der Waals surface area contributed by atoms with Gasteiger partial charge in [0.15, 0.2) is 11.6 Å². The van der Waals surface area contributed by atoms with E-state index in [0.29, 0.717) is 46.6 Å². The number of hydrogen-bond acceptors (Lipinski definition) is 6. The maximum atomic E-state index is 15.2. The number of pyridine rings is 2. The lowest BCUT2D eigenvalue weighted by atomic mass is 9.95. The van der Waals surface area contributed by atoms with E-state index in [4.69, 9.17) is 5.73 Å². The molecule has 0 radical (unpaired) electrons. The molecule has 1 atom stereocenters. The Morgan fingerprint density at radius 3 is 2.81 bits per heavy atom. The Morgan fingerprint density at radius 2 is 2.06 bits per heavy atom. The van der Waals surface area contributed by atoms with Crippen LogP contribution in [0, 0.1) is 23.0 Å². The lowest BCUT2D eigenvalue weighted by Gasteiger charge is -2.35. The Balaban J connectivity index is 1.82. The van der Waals surface area contributed by atoms with Crippen LogP contribution in [0.3, 0.4) is 0 Å². The highest BCUT2D eigenvalue weighted by Gasteiger charge is 2.34. The van der Waals surface area contributed by atoms with Gasteiger partial charge in [0.05, 0.1) is 16.9 Å². The maximum absolute atomic E-state index is 15.2. The van der Waals surface area contributed by atoms with Crippen LogP contribution in [-0.4, -0.2) is 36.1 Å². The van der Waals surface area contributed by atoms with Crippen LogP contribution in [-0.2, 0) is 6.42 Å². The second kappa shape index (κ2) is 7.84. The van der Waals surface area contributed by atoms with Crippen molar-refractivity contribution in [2.75, 3.05) is 30.4 Å². The number of nitrogens with two attached hydrogens (primary N) is 1. The van der Waals surface area contributed by atoms with Gasteiger partial charge in [0, 0.05) is 85.2 Å². The van der Waals surface area contributed by atoms with Gasteiger partial charge >= 0.3 is 0 Å². The van der Waals surface area contributed by atoms with E-state index < -0.39 is 11.6 Å². The van der Waals surface area contributed by atoms with E-state index in [9.17, 15) is 9.65 Å². The minimum Gasteiger partial charge on any atom is -0.388 e. The number of anilines is 2. The van der Waals surface area contributed by atoms with Crippen LogP contribution in [0.2, 0.25) is 0 Å². The topological polar surface area (TPSA) is 90.9 Å². The number of nitriles is 1. The first-order chi connectivity index (χ1) is 15.5.